The Kier molecular flexibility index (Phi) is 7.08. The minimum atomic E-state index is -4.75. The first-order valence-corrected chi connectivity index (χ1v) is 12.3. The number of carbonyl (C=O) groups is 2. The predicted molar refractivity (Wildman–Crippen MR) is 132 cm³/mol. The van der Waals surface area contributed by atoms with Gasteiger partial charge in [0.2, 0.25) is 5.95 Å². The lowest BCUT2D eigenvalue weighted by molar-refractivity contribution is -0.137. The van der Waals surface area contributed by atoms with Gasteiger partial charge in [-0.05, 0) is 56.5 Å². The van der Waals surface area contributed by atoms with Crippen molar-refractivity contribution in [3.05, 3.63) is 57.1 Å². The summed E-state index contributed by atoms with van der Waals surface area (Å²) < 4.78 is 46.3. The normalized spacial score (nSPS) is 13.8. The summed E-state index contributed by atoms with van der Waals surface area (Å²) in [5.41, 5.74) is -0.180. The zero-order valence-electron chi connectivity index (χ0n) is 19.9. The van der Waals surface area contributed by atoms with Crippen molar-refractivity contribution in [3.63, 3.8) is 0 Å². The van der Waals surface area contributed by atoms with Crippen molar-refractivity contribution in [2.75, 3.05) is 11.9 Å². The Labute approximate surface area is 219 Å². The number of benzene rings is 1. The van der Waals surface area contributed by atoms with Gasteiger partial charge in [0.15, 0.2) is 0 Å². The molecular formula is C24H22ClF3N4O4S. The van der Waals surface area contributed by atoms with Crippen LogP contribution in [0, 0.1) is 0 Å². The number of carboxylic acid groups (broad SMARTS) is 1. The highest BCUT2D eigenvalue weighted by atomic mass is 35.5. The molecule has 1 aromatic carbocycles. The number of nitrogens with zero attached hydrogens (tertiary/aromatic N) is 3. The molecule has 0 atom stereocenters. The highest BCUT2D eigenvalue weighted by Crippen LogP contribution is 2.39. The molecule has 1 amide bonds. The van der Waals surface area contributed by atoms with E-state index >= 15 is 0 Å². The zero-order valence-corrected chi connectivity index (χ0v) is 21.5. The van der Waals surface area contributed by atoms with Gasteiger partial charge in [-0.1, -0.05) is 11.6 Å². The van der Waals surface area contributed by atoms with E-state index < -0.39 is 35.1 Å². The third-order valence-electron chi connectivity index (χ3n) is 5.37. The molecule has 0 radical (unpaired) electrons. The molecule has 2 N–H and O–H groups in total. The fraction of sp³-hybridized carbons (Fsp3) is 0.333. The van der Waals surface area contributed by atoms with E-state index in [1.165, 1.54) is 5.38 Å². The summed E-state index contributed by atoms with van der Waals surface area (Å²) in [6.45, 7) is 6.09. The van der Waals surface area contributed by atoms with Crippen LogP contribution in [0.25, 0.3) is 10.6 Å². The first kappa shape index (κ1) is 26.7. The number of amides is 1. The van der Waals surface area contributed by atoms with Crippen LogP contribution >= 0.6 is 22.9 Å². The van der Waals surface area contributed by atoms with E-state index in [2.05, 4.69) is 15.3 Å². The van der Waals surface area contributed by atoms with Gasteiger partial charge in [-0.15, -0.1) is 11.3 Å². The van der Waals surface area contributed by atoms with Gasteiger partial charge < -0.3 is 20.1 Å². The molecule has 2 aromatic heterocycles. The number of fused-ring (bicyclic) bond motifs is 1. The van der Waals surface area contributed by atoms with Gasteiger partial charge in [-0.2, -0.15) is 13.2 Å². The van der Waals surface area contributed by atoms with Crippen LogP contribution in [-0.2, 0) is 23.9 Å². The van der Waals surface area contributed by atoms with Gasteiger partial charge in [-0.25, -0.2) is 19.6 Å². The summed E-state index contributed by atoms with van der Waals surface area (Å²) in [7, 11) is 0. The quantitative estimate of drug-likeness (QED) is 0.374. The Morgan fingerprint density at radius 2 is 1.92 bits per heavy atom. The van der Waals surface area contributed by atoms with Crippen molar-refractivity contribution in [1.82, 2.24) is 14.9 Å². The third kappa shape index (κ3) is 6.13. The Balaban J connectivity index is 1.61. The third-order valence-corrected chi connectivity index (χ3v) is 6.62. The molecule has 0 unspecified atom stereocenters. The molecule has 0 aliphatic carbocycles. The first-order chi connectivity index (χ1) is 17.2. The number of hydrogen-bond donors (Lipinski definition) is 2. The second kappa shape index (κ2) is 9.82. The molecule has 37 heavy (non-hydrogen) atoms. The minimum absolute atomic E-state index is 0.0361. The van der Waals surface area contributed by atoms with E-state index in [-0.39, 0.29) is 21.4 Å². The summed E-state index contributed by atoms with van der Waals surface area (Å²) >= 11 is 7.28. The minimum Gasteiger partial charge on any atom is -0.478 e. The average molecular weight is 555 g/mol. The monoisotopic (exact) mass is 554 g/mol. The van der Waals surface area contributed by atoms with Crippen LogP contribution in [0.2, 0.25) is 5.02 Å². The average Bonchev–Trinajstić information content (AvgIpc) is 3.28. The number of thiophene rings is 1. The molecule has 8 nitrogen and oxygen atoms in total. The van der Waals surface area contributed by atoms with E-state index in [4.69, 9.17) is 21.4 Å². The number of ether oxygens (including phenoxy) is 1. The van der Waals surface area contributed by atoms with Crippen molar-refractivity contribution in [2.24, 2.45) is 0 Å². The molecule has 0 fully saturated rings. The summed E-state index contributed by atoms with van der Waals surface area (Å²) in [6, 6.07) is 4.56. The maximum absolute atomic E-state index is 13.6. The lowest BCUT2D eigenvalue weighted by Crippen LogP contribution is -2.39. The van der Waals surface area contributed by atoms with E-state index in [9.17, 15) is 22.8 Å². The maximum atomic E-state index is 13.6. The number of halogens is 4. The second-order valence-electron chi connectivity index (χ2n) is 9.34. The van der Waals surface area contributed by atoms with E-state index in [0.717, 1.165) is 28.5 Å². The van der Waals surface area contributed by atoms with E-state index in [1.807, 2.05) is 0 Å². The number of hydrogen-bond acceptors (Lipinski definition) is 7. The topological polar surface area (TPSA) is 105 Å². The van der Waals surface area contributed by atoms with Crippen molar-refractivity contribution >= 4 is 46.6 Å². The fourth-order valence-corrected chi connectivity index (χ4v) is 4.81. The largest absolute Gasteiger partial charge is 0.478 e. The van der Waals surface area contributed by atoms with Gasteiger partial charge >= 0.3 is 18.2 Å². The molecule has 0 saturated carbocycles. The van der Waals surface area contributed by atoms with E-state index in [0.29, 0.717) is 31.4 Å². The Hall–Kier alpha value is -3.38. The standard InChI is InChI=1S/C24H22ClF3N4O4S/c1-23(2,3)36-22(35)32-5-4-12-7-17(16(25)6-13(12)10-32)30-21-29-9-15(24(26,27)28)19(31-21)18-8-14(11-37-18)20(33)34/h6-9,11H,4-5,10H2,1-3H3,(H,33,34)(H,29,30,31). The Morgan fingerprint density at radius 1 is 1.19 bits per heavy atom. The Bertz CT molecular complexity index is 1370. The summed E-state index contributed by atoms with van der Waals surface area (Å²) in [6.07, 6.45) is -4.01. The van der Waals surface area contributed by atoms with Crippen LogP contribution in [0.4, 0.5) is 29.6 Å². The summed E-state index contributed by atoms with van der Waals surface area (Å²) in [5.74, 6) is -1.39. The number of aromatic nitrogens is 2. The van der Waals surface area contributed by atoms with Crippen LogP contribution in [0.15, 0.2) is 29.8 Å². The molecule has 1 aliphatic heterocycles. The molecule has 13 heteroatoms. The fourth-order valence-electron chi connectivity index (χ4n) is 3.69. The van der Waals surface area contributed by atoms with Crippen LogP contribution < -0.4 is 5.32 Å². The molecular weight excluding hydrogens is 533 g/mol. The van der Waals surface area contributed by atoms with Crippen LogP contribution in [0.3, 0.4) is 0 Å². The number of nitrogens with one attached hydrogen (secondary N) is 1. The highest BCUT2D eigenvalue weighted by Gasteiger charge is 2.36. The number of rotatable bonds is 4. The molecule has 0 saturated heterocycles. The van der Waals surface area contributed by atoms with Crippen LogP contribution in [0.5, 0.6) is 0 Å². The first-order valence-electron chi connectivity index (χ1n) is 11.0. The predicted octanol–water partition coefficient (Wildman–Crippen LogP) is 6.61. The molecule has 0 spiro atoms. The second-order valence-corrected chi connectivity index (χ2v) is 10.7. The van der Waals surface area contributed by atoms with Gasteiger partial charge in [0.1, 0.15) is 11.2 Å². The zero-order chi connectivity index (χ0) is 27.1. The van der Waals surface area contributed by atoms with Crippen molar-refractivity contribution < 1.29 is 32.6 Å². The number of alkyl halides is 3. The van der Waals surface area contributed by atoms with Gasteiger partial charge in [0.25, 0.3) is 0 Å². The number of anilines is 2. The van der Waals surface area contributed by atoms with Crippen molar-refractivity contribution in [3.8, 4) is 10.6 Å². The van der Waals surface area contributed by atoms with E-state index in [1.54, 1.807) is 37.8 Å². The van der Waals surface area contributed by atoms with Gasteiger partial charge in [-0.3, -0.25) is 0 Å². The van der Waals surface area contributed by atoms with Crippen LogP contribution in [0.1, 0.15) is 47.8 Å². The Morgan fingerprint density at radius 3 is 2.54 bits per heavy atom. The molecule has 3 aromatic rings. The van der Waals surface area contributed by atoms with Gasteiger partial charge in [0.05, 0.1) is 26.8 Å². The SMILES string of the molecule is CC(C)(C)OC(=O)N1CCc2cc(Nc3ncc(C(F)(F)F)c(-c4cc(C(=O)O)cs4)n3)c(Cl)cc2C1. The molecule has 196 valence electrons. The number of carboxylic acids is 1. The lowest BCUT2D eigenvalue weighted by atomic mass is 9.99. The maximum Gasteiger partial charge on any atom is 0.420 e. The molecule has 4 rings (SSSR count). The number of carbonyl (C=O) groups excluding carboxylic acids is 1. The van der Waals surface area contributed by atoms with Gasteiger partial charge in [0, 0.05) is 24.7 Å². The van der Waals surface area contributed by atoms with Crippen molar-refractivity contribution in [2.45, 2.75) is 45.5 Å². The summed E-state index contributed by atoms with van der Waals surface area (Å²) in [4.78, 5) is 33.1. The number of aromatic carboxylic acids is 1. The molecule has 3 heterocycles. The van der Waals surface area contributed by atoms with Crippen molar-refractivity contribution in [1.29, 1.82) is 0 Å². The lowest BCUT2D eigenvalue weighted by Gasteiger charge is -2.31. The molecule has 1 aliphatic rings. The van der Waals surface area contributed by atoms with Crippen LogP contribution in [-0.4, -0.2) is 44.2 Å². The summed E-state index contributed by atoms with van der Waals surface area (Å²) in [5, 5.41) is 13.5. The highest BCUT2D eigenvalue weighted by molar-refractivity contribution is 7.13. The molecule has 0 bridgehead atoms. The smallest absolute Gasteiger partial charge is 0.420 e.